The Labute approximate surface area is 158 Å². The molecule has 160 valence electrons. The number of hydrogen-bond donors (Lipinski definition) is 0. The second-order valence-electron chi connectivity index (χ2n) is 5.53. The number of aromatic nitrogens is 3. The van der Waals surface area contributed by atoms with Crippen LogP contribution in [0.5, 0.6) is 0 Å². The van der Waals surface area contributed by atoms with E-state index in [0.717, 1.165) is 12.3 Å². The van der Waals surface area contributed by atoms with Crippen LogP contribution in [0.3, 0.4) is 0 Å². The van der Waals surface area contributed by atoms with Gasteiger partial charge < -0.3 is 4.55 Å². The van der Waals surface area contributed by atoms with Crippen LogP contribution in [-0.4, -0.2) is 47.5 Å². The highest BCUT2D eigenvalue weighted by molar-refractivity contribution is 7.79. The third-order valence-electron chi connectivity index (χ3n) is 3.59. The second-order valence-corrected chi connectivity index (χ2v) is 6.44. The quantitative estimate of drug-likeness (QED) is 0.478. The van der Waals surface area contributed by atoms with Crippen molar-refractivity contribution in [2.24, 2.45) is 0 Å². The number of alkyl halides is 8. The average Bonchev–Trinajstić information content (AvgIpc) is 2.62. The zero-order chi connectivity index (χ0) is 22.2. The molecule has 0 aliphatic heterocycles. The molecule has 2 heterocycles. The summed E-state index contributed by atoms with van der Waals surface area (Å²) in [5, 5.41) is 0. The van der Waals surface area contributed by atoms with E-state index in [-0.39, 0.29) is 16.6 Å². The summed E-state index contributed by atoms with van der Waals surface area (Å²) in [5.74, 6) is -18.6. The molecule has 0 saturated carbocycles. The third kappa shape index (κ3) is 4.14. The molecule has 0 aliphatic carbocycles. The number of halogens is 8. The summed E-state index contributed by atoms with van der Waals surface area (Å²) in [6.07, 6.45) is -3.73. The van der Waals surface area contributed by atoms with Crippen LogP contribution in [0.2, 0.25) is 0 Å². The van der Waals surface area contributed by atoms with Crippen LogP contribution in [0.4, 0.5) is 35.1 Å². The first-order valence-corrected chi connectivity index (χ1v) is 8.32. The fourth-order valence-electron chi connectivity index (χ4n) is 2.09. The molecule has 0 amide bonds. The van der Waals surface area contributed by atoms with Gasteiger partial charge in [-0.2, -0.15) is 26.3 Å². The van der Waals surface area contributed by atoms with Gasteiger partial charge in [-0.3, -0.25) is 18.6 Å². The van der Waals surface area contributed by atoms with Crippen molar-refractivity contribution in [3.63, 3.8) is 0 Å². The lowest BCUT2D eigenvalue weighted by Gasteiger charge is -2.32. The lowest BCUT2D eigenvalue weighted by Crippen LogP contribution is -2.59. The van der Waals surface area contributed by atoms with E-state index in [2.05, 4.69) is 9.97 Å². The maximum absolute atomic E-state index is 13.7. The van der Waals surface area contributed by atoms with Crippen LogP contribution in [0.1, 0.15) is 0 Å². The van der Waals surface area contributed by atoms with Crippen molar-refractivity contribution in [1.29, 1.82) is 0 Å². The molecule has 15 heteroatoms. The molecule has 2 aromatic rings. The van der Waals surface area contributed by atoms with Crippen LogP contribution < -0.4 is 5.56 Å². The first-order chi connectivity index (χ1) is 13.2. The maximum atomic E-state index is 13.7. The standard InChI is InChI=1S/C14H9F8N3O3S/c15-11(16)13(19,20)14(21,22)12(17,18)5-25-6-24-7(4-9(25)26)10-8(29(27)28)2-1-3-23-10/h1-4,6,11H,5H2,(H,27,28)/p-1. The van der Waals surface area contributed by atoms with Gasteiger partial charge in [-0.05, 0) is 23.2 Å². The van der Waals surface area contributed by atoms with E-state index in [1.165, 1.54) is 6.07 Å². The summed E-state index contributed by atoms with van der Waals surface area (Å²) < 4.78 is 126. The van der Waals surface area contributed by atoms with Crippen LogP contribution in [0.25, 0.3) is 11.4 Å². The smallest absolute Gasteiger partial charge is 0.379 e. The zero-order valence-corrected chi connectivity index (χ0v) is 14.5. The zero-order valence-electron chi connectivity index (χ0n) is 13.7. The molecule has 0 bridgehead atoms. The molecule has 0 N–H and O–H groups in total. The van der Waals surface area contributed by atoms with Gasteiger partial charge in [0, 0.05) is 12.3 Å². The average molecular weight is 450 g/mol. The van der Waals surface area contributed by atoms with Gasteiger partial charge in [0.1, 0.15) is 5.69 Å². The summed E-state index contributed by atoms with van der Waals surface area (Å²) in [4.78, 5) is 18.6. The van der Waals surface area contributed by atoms with Crippen LogP contribution >= 0.6 is 0 Å². The summed E-state index contributed by atoms with van der Waals surface area (Å²) >= 11 is -2.83. The molecule has 0 saturated heterocycles. The maximum Gasteiger partial charge on any atom is 0.379 e. The Hall–Kier alpha value is -2.42. The van der Waals surface area contributed by atoms with E-state index < -0.39 is 58.0 Å². The molecule has 0 aromatic carbocycles. The van der Waals surface area contributed by atoms with Crippen molar-refractivity contribution >= 4 is 11.1 Å². The molecule has 1 atom stereocenters. The molecule has 1 unspecified atom stereocenters. The van der Waals surface area contributed by atoms with E-state index in [1.807, 2.05) is 0 Å². The van der Waals surface area contributed by atoms with Crippen molar-refractivity contribution in [2.45, 2.75) is 35.6 Å². The topological polar surface area (TPSA) is 87.9 Å². The minimum atomic E-state index is -6.49. The Morgan fingerprint density at radius 1 is 1.14 bits per heavy atom. The van der Waals surface area contributed by atoms with Gasteiger partial charge >= 0.3 is 24.2 Å². The van der Waals surface area contributed by atoms with E-state index in [4.69, 9.17) is 0 Å². The largest absolute Gasteiger partial charge is 0.768 e. The predicted octanol–water partition coefficient (Wildman–Crippen LogP) is 2.71. The second kappa shape index (κ2) is 7.78. The molecular weight excluding hydrogens is 442 g/mol. The van der Waals surface area contributed by atoms with E-state index >= 15 is 0 Å². The monoisotopic (exact) mass is 450 g/mol. The highest BCUT2D eigenvalue weighted by atomic mass is 32.2. The molecule has 6 nitrogen and oxygen atoms in total. The number of nitrogens with zero attached hydrogens (tertiary/aromatic N) is 3. The number of hydrogen-bond acceptors (Lipinski definition) is 5. The summed E-state index contributed by atoms with van der Waals surface area (Å²) in [7, 11) is 0. The van der Waals surface area contributed by atoms with Gasteiger partial charge in [0.15, 0.2) is 0 Å². The van der Waals surface area contributed by atoms with Crippen molar-refractivity contribution < 1.29 is 43.9 Å². The van der Waals surface area contributed by atoms with Gasteiger partial charge in [0.25, 0.3) is 5.56 Å². The molecule has 2 rings (SSSR count). The van der Waals surface area contributed by atoms with E-state index in [9.17, 15) is 48.7 Å². The highest BCUT2D eigenvalue weighted by Crippen LogP contribution is 2.48. The van der Waals surface area contributed by atoms with Gasteiger partial charge in [-0.15, -0.1) is 0 Å². The molecule has 0 spiro atoms. The summed E-state index contributed by atoms with van der Waals surface area (Å²) in [5.41, 5.74) is -2.29. The first kappa shape index (κ1) is 22.9. The van der Waals surface area contributed by atoms with Gasteiger partial charge in [0.05, 0.1) is 23.5 Å². The van der Waals surface area contributed by atoms with E-state index in [1.54, 1.807) is 0 Å². The van der Waals surface area contributed by atoms with E-state index in [0.29, 0.717) is 6.07 Å². The summed E-state index contributed by atoms with van der Waals surface area (Å²) in [6, 6.07) is 2.74. The third-order valence-corrected chi connectivity index (χ3v) is 4.28. The Balaban J connectivity index is 2.42. The van der Waals surface area contributed by atoms with Crippen molar-refractivity contribution in [3.8, 4) is 11.4 Å². The SMILES string of the molecule is O=c1cc(-c2ncccc2S(=O)[O-])ncn1CC(F)(F)C(F)(F)C(F)(F)C(F)F. The molecule has 0 radical (unpaired) electrons. The number of pyridine rings is 1. The normalized spacial score (nSPS) is 14.3. The fraction of sp³-hybridized carbons (Fsp3) is 0.357. The lowest BCUT2D eigenvalue weighted by molar-refractivity contribution is -0.341. The number of rotatable bonds is 7. The highest BCUT2D eigenvalue weighted by Gasteiger charge is 2.75. The predicted molar refractivity (Wildman–Crippen MR) is 79.8 cm³/mol. The molecule has 0 fully saturated rings. The van der Waals surface area contributed by atoms with Gasteiger partial charge in [-0.1, -0.05) is 0 Å². The van der Waals surface area contributed by atoms with Crippen molar-refractivity contribution in [3.05, 3.63) is 41.1 Å². The molecule has 2 aromatic heterocycles. The van der Waals surface area contributed by atoms with Crippen LogP contribution in [-0.2, 0) is 17.6 Å². The Morgan fingerprint density at radius 3 is 2.28 bits per heavy atom. The van der Waals surface area contributed by atoms with Crippen molar-refractivity contribution in [1.82, 2.24) is 14.5 Å². The van der Waals surface area contributed by atoms with Crippen LogP contribution in [0.15, 0.2) is 40.4 Å². The Kier molecular flexibility index (Phi) is 6.13. The fourth-order valence-corrected chi connectivity index (χ4v) is 2.59. The molecule has 0 aliphatic rings. The molecule has 29 heavy (non-hydrogen) atoms. The summed E-state index contributed by atoms with van der Waals surface area (Å²) in [6.45, 7) is -2.39. The minimum absolute atomic E-state index is 0.213. The Morgan fingerprint density at radius 2 is 1.76 bits per heavy atom. The Bertz CT molecular complexity index is 983. The van der Waals surface area contributed by atoms with Gasteiger partial charge in [-0.25, -0.2) is 13.8 Å². The van der Waals surface area contributed by atoms with Crippen molar-refractivity contribution in [2.75, 3.05) is 0 Å². The van der Waals surface area contributed by atoms with Gasteiger partial charge in [0.2, 0.25) is 0 Å². The minimum Gasteiger partial charge on any atom is -0.768 e. The molecular formula is C14H8F8N3O3S-. The van der Waals surface area contributed by atoms with Crippen LogP contribution in [0, 0.1) is 0 Å². The first-order valence-electron chi connectivity index (χ1n) is 7.25. The lowest BCUT2D eigenvalue weighted by atomic mass is 10.0.